The summed E-state index contributed by atoms with van der Waals surface area (Å²) in [6.45, 7) is 0. The molecule has 0 N–H and O–H groups in total. The van der Waals surface area contributed by atoms with Crippen molar-refractivity contribution in [2.24, 2.45) is 0 Å². The molecule has 0 saturated heterocycles. The Labute approximate surface area is 64.3 Å². The van der Waals surface area contributed by atoms with Crippen molar-refractivity contribution in [2.45, 2.75) is 44.9 Å². The second kappa shape index (κ2) is 5.52. The van der Waals surface area contributed by atoms with E-state index in [0.717, 1.165) is 6.42 Å². The second-order valence-electron chi connectivity index (χ2n) is 2.91. The summed E-state index contributed by atoms with van der Waals surface area (Å²) < 4.78 is 0. The van der Waals surface area contributed by atoms with Gasteiger partial charge < -0.3 is 0 Å². The molecule has 1 rings (SSSR count). The summed E-state index contributed by atoms with van der Waals surface area (Å²) in [7, 11) is 0. The van der Waals surface area contributed by atoms with Crippen LogP contribution < -0.4 is 0 Å². The molecule has 0 atom stereocenters. The second-order valence-corrected chi connectivity index (χ2v) is 2.91. The van der Waals surface area contributed by atoms with E-state index in [1.807, 2.05) is 0 Å². The van der Waals surface area contributed by atoms with Crippen LogP contribution in [0, 0.1) is 6.42 Å². The molecule has 10 heavy (non-hydrogen) atoms. The maximum atomic E-state index is 3.27. The average Bonchev–Trinajstić information content (AvgIpc) is 2.01. The summed E-state index contributed by atoms with van der Waals surface area (Å²) in [6, 6.07) is 0. The summed E-state index contributed by atoms with van der Waals surface area (Å²) in [6.07, 6.45) is 17.0. The maximum absolute atomic E-state index is 3.27. The molecular weight excluding hydrogens is 120 g/mol. The SMILES string of the molecule is [C]1/C=C/CCCCCCC1. The van der Waals surface area contributed by atoms with Crippen LogP contribution in [0.1, 0.15) is 44.9 Å². The molecule has 0 amide bonds. The number of hydrogen-bond acceptors (Lipinski definition) is 0. The fourth-order valence-corrected chi connectivity index (χ4v) is 1.27. The zero-order valence-corrected chi connectivity index (χ0v) is 6.60. The lowest BCUT2D eigenvalue weighted by atomic mass is 10.1. The predicted octanol–water partition coefficient (Wildman–Crippen LogP) is 3.37. The third-order valence-electron chi connectivity index (χ3n) is 1.93. The summed E-state index contributed by atoms with van der Waals surface area (Å²) in [4.78, 5) is 0. The van der Waals surface area contributed by atoms with E-state index >= 15 is 0 Å². The molecule has 0 aromatic heterocycles. The maximum Gasteiger partial charge on any atom is 0.00808 e. The van der Waals surface area contributed by atoms with Crippen molar-refractivity contribution in [3.63, 3.8) is 0 Å². The van der Waals surface area contributed by atoms with Crippen molar-refractivity contribution < 1.29 is 0 Å². The van der Waals surface area contributed by atoms with Gasteiger partial charge in [0.05, 0.1) is 0 Å². The molecule has 0 unspecified atom stereocenters. The zero-order chi connectivity index (χ0) is 7.07. The van der Waals surface area contributed by atoms with E-state index in [1.165, 1.54) is 38.5 Å². The Kier molecular flexibility index (Phi) is 4.33. The third kappa shape index (κ3) is 3.71. The molecule has 0 bridgehead atoms. The number of hydrogen-bond donors (Lipinski definition) is 0. The van der Waals surface area contributed by atoms with E-state index in [4.69, 9.17) is 0 Å². The molecule has 0 saturated carbocycles. The largest absolute Gasteiger partial charge is 0.0879 e. The zero-order valence-electron chi connectivity index (χ0n) is 6.60. The fourth-order valence-electron chi connectivity index (χ4n) is 1.27. The molecule has 0 heterocycles. The first kappa shape index (κ1) is 7.84. The highest BCUT2D eigenvalue weighted by molar-refractivity contribution is 4.94. The van der Waals surface area contributed by atoms with Crippen LogP contribution in [-0.2, 0) is 0 Å². The van der Waals surface area contributed by atoms with E-state index in [0.29, 0.717) is 0 Å². The fraction of sp³-hybridized carbons (Fsp3) is 0.700. The average molecular weight is 136 g/mol. The molecule has 0 nitrogen and oxygen atoms in total. The van der Waals surface area contributed by atoms with E-state index in [2.05, 4.69) is 18.6 Å². The summed E-state index contributed by atoms with van der Waals surface area (Å²) in [5.41, 5.74) is 0. The Morgan fingerprint density at radius 1 is 0.900 bits per heavy atom. The summed E-state index contributed by atoms with van der Waals surface area (Å²) >= 11 is 0. The van der Waals surface area contributed by atoms with Gasteiger partial charge >= 0.3 is 0 Å². The van der Waals surface area contributed by atoms with Crippen molar-refractivity contribution in [3.05, 3.63) is 18.6 Å². The smallest absolute Gasteiger partial charge is 0.00808 e. The summed E-state index contributed by atoms with van der Waals surface area (Å²) in [5.74, 6) is 0. The van der Waals surface area contributed by atoms with Gasteiger partial charge in [-0.05, 0) is 19.3 Å². The first-order chi connectivity index (χ1) is 5.00. The van der Waals surface area contributed by atoms with Crippen molar-refractivity contribution >= 4 is 0 Å². The minimum atomic E-state index is 1.16. The van der Waals surface area contributed by atoms with Gasteiger partial charge in [-0.1, -0.05) is 37.8 Å². The van der Waals surface area contributed by atoms with Crippen LogP contribution in [0.5, 0.6) is 0 Å². The molecule has 0 aromatic rings. The quantitative estimate of drug-likeness (QED) is 0.479. The van der Waals surface area contributed by atoms with E-state index in [-0.39, 0.29) is 0 Å². The highest BCUT2D eigenvalue weighted by atomic mass is 14.0. The predicted molar refractivity (Wildman–Crippen MR) is 44.7 cm³/mol. The van der Waals surface area contributed by atoms with Crippen molar-refractivity contribution in [3.8, 4) is 0 Å². The van der Waals surface area contributed by atoms with Gasteiger partial charge in [0, 0.05) is 6.42 Å². The lowest BCUT2D eigenvalue weighted by molar-refractivity contribution is 0.613. The van der Waals surface area contributed by atoms with Crippen molar-refractivity contribution in [1.82, 2.24) is 0 Å². The van der Waals surface area contributed by atoms with Crippen LogP contribution in [-0.4, -0.2) is 0 Å². The molecule has 1 aliphatic rings. The van der Waals surface area contributed by atoms with Gasteiger partial charge in [-0.15, -0.1) is 0 Å². The Balaban J connectivity index is 2.13. The highest BCUT2D eigenvalue weighted by Gasteiger charge is 1.92. The molecule has 0 aromatic carbocycles. The molecule has 56 valence electrons. The molecule has 1 aliphatic carbocycles. The monoisotopic (exact) mass is 136 g/mol. The molecular formula is C10H16. The molecule has 0 fully saturated rings. The number of allylic oxidation sites excluding steroid dienone is 2. The van der Waals surface area contributed by atoms with Gasteiger partial charge in [-0.3, -0.25) is 0 Å². The molecule has 0 spiro atoms. The van der Waals surface area contributed by atoms with Crippen molar-refractivity contribution in [2.75, 3.05) is 0 Å². The van der Waals surface area contributed by atoms with E-state index < -0.39 is 0 Å². The van der Waals surface area contributed by atoms with Crippen LogP contribution >= 0.6 is 0 Å². The first-order valence-electron chi connectivity index (χ1n) is 4.38. The van der Waals surface area contributed by atoms with Gasteiger partial charge in [0.2, 0.25) is 0 Å². The van der Waals surface area contributed by atoms with Gasteiger partial charge in [-0.2, -0.15) is 0 Å². The third-order valence-corrected chi connectivity index (χ3v) is 1.93. The Hall–Kier alpha value is -0.260. The summed E-state index contributed by atoms with van der Waals surface area (Å²) in [5, 5.41) is 0. The van der Waals surface area contributed by atoms with Gasteiger partial charge in [-0.25, -0.2) is 0 Å². The Morgan fingerprint density at radius 2 is 1.70 bits per heavy atom. The normalized spacial score (nSPS) is 25.6. The van der Waals surface area contributed by atoms with Crippen molar-refractivity contribution in [1.29, 1.82) is 0 Å². The lowest BCUT2D eigenvalue weighted by Gasteiger charge is -2.01. The van der Waals surface area contributed by atoms with E-state index in [9.17, 15) is 0 Å². The van der Waals surface area contributed by atoms with E-state index in [1.54, 1.807) is 0 Å². The lowest BCUT2D eigenvalue weighted by Crippen LogP contribution is -1.82. The highest BCUT2D eigenvalue weighted by Crippen LogP contribution is 2.11. The molecule has 0 aliphatic heterocycles. The van der Waals surface area contributed by atoms with Crippen LogP contribution in [0.4, 0.5) is 0 Å². The van der Waals surface area contributed by atoms with Crippen LogP contribution in [0.15, 0.2) is 12.2 Å². The Morgan fingerprint density at radius 3 is 2.70 bits per heavy atom. The minimum Gasteiger partial charge on any atom is -0.0879 e. The standard InChI is InChI=1S/C10H16/c1-2-4-6-8-10-9-7-5-3-1/h1-2H,3,5-10H2/b2-1+. The Bertz CT molecular complexity index is 80.2. The molecule has 2 radical (unpaired) electrons. The number of rotatable bonds is 0. The van der Waals surface area contributed by atoms with Crippen LogP contribution in [0.2, 0.25) is 0 Å². The van der Waals surface area contributed by atoms with Gasteiger partial charge in [0.1, 0.15) is 0 Å². The van der Waals surface area contributed by atoms with Crippen LogP contribution in [0.3, 0.4) is 0 Å². The topological polar surface area (TPSA) is 0 Å². The minimum absolute atomic E-state index is 1.16. The van der Waals surface area contributed by atoms with Gasteiger partial charge in [0.15, 0.2) is 0 Å². The molecule has 0 heteroatoms. The first-order valence-corrected chi connectivity index (χ1v) is 4.38. The van der Waals surface area contributed by atoms with Gasteiger partial charge in [0.25, 0.3) is 0 Å². The van der Waals surface area contributed by atoms with Crippen LogP contribution in [0.25, 0.3) is 0 Å².